The molecule has 0 radical (unpaired) electrons. The normalized spacial score (nSPS) is 31.9. The van der Waals surface area contributed by atoms with Gasteiger partial charge in [0.2, 0.25) is 0 Å². The Kier molecular flexibility index (Phi) is 2.64. The summed E-state index contributed by atoms with van der Waals surface area (Å²) in [5.41, 5.74) is 0. The van der Waals surface area contributed by atoms with E-state index in [0.29, 0.717) is 11.3 Å². The van der Waals surface area contributed by atoms with Gasteiger partial charge in [-0.3, -0.25) is 4.90 Å². The second-order valence-electron chi connectivity index (χ2n) is 3.31. The zero-order chi connectivity index (χ0) is 10.9. The van der Waals surface area contributed by atoms with E-state index in [4.69, 9.17) is 10.2 Å². The second kappa shape index (κ2) is 3.43. The lowest BCUT2D eigenvalue weighted by molar-refractivity contribution is -0.165. The lowest BCUT2D eigenvalue weighted by Crippen LogP contribution is -2.52. The summed E-state index contributed by atoms with van der Waals surface area (Å²) < 4.78 is 14.0. The maximum atomic E-state index is 14.0. The molecule has 0 aromatic carbocycles. The van der Waals surface area contributed by atoms with Crippen molar-refractivity contribution in [2.75, 3.05) is 6.54 Å². The number of aliphatic carboxylic acids is 1. The molecule has 2 atom stereocenters. The van der Waals surface area contributed by atoms with Crippen molar-refractivity contribution in [3.05, 3.63) is 0 Å². The molecule has 14 heavy (non-hydrogen) atoms. The fourth-order valence-electron chi connectivity index (χ4n) is 1.86. The summed E-state index contributed by atoms with van der Waals surface area (Å²) >= 11 is 0. The Balaban J connectivity index is 3.02. The summed E-state index contributed by atoms with van der Waals surface area (Å²) in [5.74, 6) is -5.22. The van der Waals surface area contributed by atoms with E-state index in [-0.39, 0.29) is 13.0 Å². The average Bonchev–Trinajstić information content (AvgIpc) is 2.43. The number of carbonyl (C=O) groups is 2. The smallest absolute Gasteiger partial charge is 0.410 e. The summed E-state index contributed by atoms with van der Waals surface area (Å²) in [6.45, 7) is 1.59. The van der Waals surface area contributed by atoms with Gasteiger partial charge in [0.15, 0.2) is 0 Å². The van der Waals surface area contributed by atoms with Gasteiger partial charge in [0.05, 0.1) is 0 Å². The van der Waals surface area contributed by atoms with Crippen LogP contribution in [0.15, 0.2) is 0 Å². The van der Waals surface area contributed by atoms with E-state index in [0.717, 1.165) is 0 Å². The van der Waals surface area contributed by atoms with Crippen LogP contribution in [-0.4, -0.2) is 39.5 Å². The van der Waals surface area contributed by atoms with Crippen LogP contribution in [0.4, 0.5) is 9.18 Å². The molecule has 1 saturated heterocycles. The molecule has 0 aliphatic carbocycles. The third-order valence-corrected chi connectivity index (χ3v) is 2.66. The monoisotopic (exact) mass is 205 g/mol. The van der Waals surface area contributed by atoms with E-state index in [1.807, 2.05) is 0 Å². The van der Waals surface area contributed by atoms with Gasteiger partial charge in [0, 0.05) is 12.5 Å². The molecule has 5 nitrogen and oxygen atoms in total. The van der Waals surface area contributed by atoms with Crippen LogP contribution in [0.5, 0.6) is 0 Å². The second-order valence-corrected chi connectivity index (χ2v) is 3.31. The topological polar surface area (TPSA) is 77.8 Å². The predicted molar refractivity (Wildman–Crippen MR) is 44.6 cm³/mol. The van der Waals surface area contributed by atoms with E-state index in [2.05, 4.69) is 0 Å². The Labute approximate surface area is 80.1 Å². The fourth-order valence-corrected chi connectivity index (χ4v) is 1.86. The Bertz CT molecular complexity index is 270. The molecule has 1 amide bonds. The third-order valence-electron chi connectivity index (χ3n) is 2.66. The minimum atomic E-state index is -2.75. The number of halogens is 1. The van der Waals surface area contributed by atoms with Gasteiger partial charge in [0.1, 0.15) is 0 Å². The van der Waals surface area contributed by atoms with Crippen LogP contribution in [0.25, 0.3) is 0 Å². The highest BCUT2D eigenvalue weighted by atomic mass is 19.1. The van der Waals surface area contributed by atoms with Gasteiger partial charge in [0.25, 0.3) is 5.79 Å². The molecule has 1 aliphatic heterocycles. The summed E-state index contributed by atoms with van der Waals surface area (Å²) in [6, 6.07) is 0. The van der Waals surface area contributed by atoms with Crippen molar-refractivity contribution in [3.63, 3.8) is 0 Å². The molecule has 0 bridgehead atoms. The maximum Gasteiger partial charge on any atom is 0.410 e. The van der Waals surface area contributed by atoms with Crippen molar-refractivity contribution < 1.29 is 24.2 Å². The van der Waals surface area contributed by atoms with E-state index in [1.165, 1.54) is 0 Å². The van der Waals surface area contributed by atoms with Crippen molar-refractivity contribution >= 4 is 12.1 Å². The van der Waals surface area contributed by atoms with Crippen molar-refractivity contribution in [1.82, 2.24) is 4.90 Å². The quantitative estimate of drug-likeness (QED) is 0.663. The van der Waals surface area contributed by atoms with Crippen LogP contribution in [0.3, 0.4) is 0 Å². The number of likely N-dealkylation sites (tertiary alicyclic amines) is 1. The zero-order valence-electron chi connectivity index (χ0n) is 7.73. The van der Waals surface area contributed by atoms with E-state index < -0.39 is 23.8 Å². The first kappa shape index (κ1) is 10.7. The highest BCUT2D eigenvalue weighted by Gasteiger charge is 2.57. The Morgan fingerprint density at radius 2 is 2.14 bits per heavy atom. The van der Waals surface area contributed by atoms with Crippen molar-refractivity contribution in [2.24, 2.45) is 5.92 Å². The van der Waals surface area contributed by atoms with Crippen LogP contribution in [-0.2, 0) is 4.79 Å². The number of carboxylic acid groups (broad SMARTS) is 2. The molecule has 1 heterocycles. The van der Waals surface area contributed by atoms with E-state index in [1.54, 1.807) is 6.92 Å². The number of alkyl halides is 1. The highest BCUT2D eigenvalue weighted by molar-refractivity contribution is 5.83. The van der Waals surface area contributed by atoms with Gasteiger partial charge in [-0.1, -0.05) is 6.92 Å². The van der Waals surface area contributed by atoms with Crippen molar-refractivity contribution in [2.45, 2.75) is 25.6 Å². The fraction of sp³-hybridized carbons (Fsp3) is 0.750. The molecule has 0 saturated carbocycles. The Hall–Kier alpha value is -1.33. The first-order valence-corrected chi connectivity index (χ1v) is 4.37. The molecule has 2 unspecified atom stereocenters. The molecule has 0 aromatic heterocycles. The molecule has 2 N–H and O–H groups in total. The van der Waals surface area contributed by atoms with Crippen molar-refractivity contribution in [3.8, 4) is 0 Å². The molecular formula is C8H12FNO4. The largest absolute Gasteiger partial charge is 0.477 e. The molecular weight excluding hydrogens is 193 g/mol. The number of hydrogen-bond acceptors (Lipinski definition) is 2. The average molecular weight is 205 g/mol. The number of nitrogens with zero attached hydrogens (tertiary/aromatic N) is 1. The summed E-state index contributed by atoms with van der Waals surface area (Å²) in [5, 5.41) is 17.3. The lowest BCUT2D eigenvalue weighted by atomic mass is 9.95. The maximum absolute atomic E-state index is 14.0. The third kappa shape index (κ3) is 1.30. The summed E-state index contributed by atoms with van der Waals surface area (Å²) in [4.78, 5) is 21.7. The van der Waals surface area contributed by atoms with E-state index >= 15 is 0 Å². The highest BCUT2D eigenvalue weighted by Crippen LogP contribution is 2.38. The Morgan fingerprint density at radius 3 is 2.50 bits per heavy atom. The van der Waals surface area contributed by atoms with Gasteiger partial charge in [-0.15, -0.1) is 0 Å². The van der Waals surface area contributed by atoms with Gasteiger partial charge >= 0.3 is 12.1 Å². The SMILES string of the molecule is CCC1CCN(C(=O)O)C1(F)C(=O)O. The van der Waals surface area contributed by atoms with E-state index in [9.17, 15) is 14.0 Å². The molecule has 1 rings (SSSR count). The molecule has 0 aromatic rings. The number of amides is 1. The molecule has 80 valence electrons. The van der Waals surface area contributed by atoms with Crippen LogP contribution in [0.1, 0.15) is 19.8 Å². The molecule has 0 spiro atoms. The number of rotatable bonds is 2. The van der Waals surface area contributed by atoms with Gasteiger partial charge in [-0.05, 0) is 12.8 Å². The van der Waals surface area contributed by atoms with Gasteiger partial charge in [-0.25, -0.2) is 14.0 Å². The minimum absolute atomic E-state index is 0.0589. The van der Waals surface area contributed by atoms with Crippen LogP contribution in [0, 0.1) is 5.92 Å². The Morgan fingerprint density at radius 1 is 1.57 bits per heavy atom. The number of carboxylic acids is 1. The standard InChI is InChI=1S/C8H12FNO4/c1-2-5-3-4-10(7(13)14)8(5,9)6(11)12/h5H,2-4H2,1H3,(H,11,12)(H,13,14). The first-order chi connectivity index (χ1) is 6.44. The number of hydrogen-bond donors (Lipinski definition) is 2. The lowest BCUT2D eigenvalue weighted by Gasteiger charge is -2.28. The summed E-state index contributed by atoms with van der Waals surface area (Å²) in [7, 11) is 0. The predicted octanol–water partition coefficient (Wildman–Crippen LogP) is 1.15. The van der Waals surface area contributed by atoms with Gasteiger partial charge < -0.3 is 10.2 Å². The molecule has 1 fully saturated rings. The van der Waals surface area contributed by atoms with Gasteiger partial charge in [-0.2, -0.15) is 0 Å². The molecule has 1 aliphatic rings. The van der Waals surface area contributed by atoms with Crippen LogP contribution < -0.4 is 0 Å². The minimum Gasteiger partial charge on any atom is -0.477 e. The zero-order valence-corrected chi connectivity index (χ0v) is 7.73. The van der Waals surface area contributed by atoms with Crippen molar-refractivity contribution in [1.29, 1.82) is 0 Å². The van der Waals surface area contributed by atoms with Crippen LogP contribution >= 0.6 is 0 Å². The van der Waals surface area contributed by atoms with Crippen LogP contribution in [0.2, 0.25) is 0 Å². The first-order valence-electron chi connectivity index (χ1n) is 4.37. The summed E-state index contributed by atoms with van der Waals surface area (Å²) in [6.07, 6.45) is -0.955. The molecule has 6 heteroatoms.